The van der Waals surface area contributed by atoms with E-state index in [0.717, 1.165) is 17.7 Å². The summed E-state index contributed by atoms with van der Waals surface area (Å²) in [7, 11) is -3.76. The summed E-state index contributed by atoms with van der Waals surface area (Å²) in [4.78, 5) is 24.3. The fraction of sp³-hybridized carbons (Fsp3) is 0.333. The minimum atomic E-state index is -3.76. The Balaban J connectivity index is 1.48. The zero-order chi connectivity index (χ0) is 22.6. The van der Waals surface area contributed by atoms with Crippen molar-refractivity contribution in [2.75, 3.05) is 25.0 Å². The molecule has 31 heavy (non-hydrogen) atoms. The van der Waals surface area contributed by atoms with Crippen molar-refractivity contribution in [2.24, 2.45) is 5.92 Å². The highest BCUT2D eigenvalue weighted by atomic mass is 35.5. The van der Waals surface area contributed by atoms with Gasteiger partial charge in [0.2, 0.25) is 10.0 Å². The van der Waals surface area contributed by atoms with E-state index < -0.39 is 40.2 Å². The number of ether oxygens (including phenoxy) is 1. The summed E-state index contributed by atoms with van der Waals surface area (Å²) in [6, 6.07) is 9.67. The standard InChI is InChI=1S/C21H22ClFN2O5S/c1-14-2-5-17(12-19(14)22)24-20(26)13-30-21(27)15-8-10-25(11-9-15)31(28,29)18-6-3-16(23)4-7-18/h2-7,12,15H,8-11,13H2,1H3,(H,24,26). The minimum Gasteiger partial charge on any atom is -0.455 e. The number of nitrogens with one attached hydrogen (secondary N) is 1. The largest absolute Gasteiger partial charge is 0.455 e. The average molecular weight is 469 g/mol. The van der Waals surface area contributed by atoms with E-state index in [2.05, 4.69) is 5.32 Å². The third-order valence-corrected chi connectivity index (χ3v) is 7.36. The Bertz CT molecular complexity index is 1070. The average Bonchev–Trinajstić information content (AvgIpc) is 2.75. The molecular formula is C21H22ClFN2O5S. The molecule has 7 nitrogen and oxygen atoms in total. The van der Waals surface area contributed by atoms with E-state index in [1.54, 1.807) is 18.2 Å². The first-order chi connectivity index (χ1) is 14.7. The Hall–Kier alpha value is -2.49. The fourth-order valence-corrected chi connectivity index (χ4v) is 4.86. The molecule has 0 atom stereocenters. The van der Waals surface area contributed by atoms with E-state index >= 15 is 0 Å². The monoisotopic (exact) mass is 468 g/mol. The summed E-state index contributed by atoms with van der Waals surface area (Å²) in [5.74, 6) is -2.06. The molecule has 1 fully saturated rings. The molecule has 0 aromatic heterocycles. The van der Waals surface area contributed by atoms with E-state index in [-0.39, 0.29) is 30.8 Å². The highest BCUT2D eigenvalue weighted by Crippen LogP contribution is 2.25. The molecule has 0 bridgehead atoms. The summed E-state index contributed by atoms with van der Waals surface area (Å²) in [6.45, 7) is 1.66. The molecule has 3 rings (SSSR count). The summed E-state index contributed by atoms with van der Waals surface area (Å²) in [6.07, 6.45) is 0.545. The first kappa shape index (κ1) is 23.2. The first-order valence-electron chi connectivity index (χ1n) is 9.65. The zero-order valence-corrected chi connectivity index (χ0v) is 18.4. The zero-order valence-electron chi connectivity index (χ0n) is 16.8. The predicted molar refractivity (Wildman–Crippen MR) is 114 cm³/mol. The van der Waals surface area contributed by atoms with Gasteiger partial charge in [-0.3, -0.25) is 9.59 Å². The minimum absolute atomic E-state index is 0.00260. The van der Waals surface area contributed by atoms with E-state index in [0.29, 0.717) is 10.7 Å². The molecule has 1 saturated heterocycles. The van der Waals surface area contributed by atoms with E-state index in [1.165, 1.54) is 16.4 Å². The van der Waals surface area contributed by atoms with Crippen LogP contribution in [0.4, 0.5) is 10.1 Å². The van der Waals surface area contributed by atoms with Crippen LogP contribution in [0.15, 0.2) is 47.4 Å². The second kappa shape index (κ2) is 9.76. The van der Waals surface area contributed by atoms with Gasteiger partial charge in [0.1, 0.15) is 5.82 Å². The Kier molecular flexibility index (Phi) is 7.30. The number of hydrogen-bond donors (Lipinski definition) is 1. The van der Waals surface area contributed by atoms with E-state index in [1.807, 2.05) is 6.92 Å². The van der Waals surface area contributed by atoms with Crippen molar-refractivity contribution >= 4 is 39.2 Å². The van der Waals surface area contributed by atoms with Crippen molar-refractivity contribution in [1.82, 2.24) is 4.31 Å². The highest BCUT2D eigenvalue weighted by Gasteiger charge is 2.33. The van der Waals surface area contributed by atoms with Gasteiger partial charge >= 0.3 is 5.97 Å². The molecule has 1 aliphatic rings. The molecule has 10 heteroatoms. The van der Waals surface area contributed by atoms with Crippen LogP contribution in [0.25, 0.3) is 0 Å². The van der Waals surface area contributed by atoms with Crippen molar-refractivity contribution < 1.29 is 27.1 Å². The van der Waals surface area contributed by atoms with Crippen molar-refractivity contribution in [1.29, 1.82) is 0 Å². The van der Waals surface area contributed by atoms with Crippen LogP contribution in [0.1, 0.15) is 18.4 Å². The van der Waals surface area contributed by atoms with Gasteiger partial charge in [0.05, 0.1) is 10.8 Å². The highest BCUT2D eigenvalue weighted by molar-refractivity contribution is 7.89. The number of sulfonamides is 1. The van der Waals surface area contributed by atoms with Crippen LogP contribution in [0, 0.1) is 18.7 Å². The van der Waals surface area contributed by atoms with Crippen molar-refractivity contribution in [3.63, 3.8) is 0 Å². The molecule has 1 amide bonds. The van der Waals surface area contributed by atoms with Crippen LogP contribution >= 0.6 is 11.6 Å². The lowest BCUT2D eigenvalue weighted by molar-refractivity contribution is -0.152. The molecule has 0 saturated carbocycles. The van der Waals surface area contributed by atoms with Crippen molar-refractivity contribution in [2.45, 2.75) is 24.7 Å². The molecule has 1 heterocycles. The number of carbonyl (C=O) groups is 2. The Morgan fingerprint density at radius 1 is 1.16 bits per heavy atom. The maximum Gasteiger partial charge on any atom is 0.309 e. The van der Waals surface area contributed by atoms with Crippen LogP contribution in [0.3, 0.4) is 0 Å². The van der Waals surface area contributed by atoms with Crippen LogP contribution in [0.2, 0.25) is 5.02 Å². The Morgan fingerprint density at radius 2 is 1.81 bits per heavy atom. The normalized spacial score (nSPS) is 15.5. The van der Waals surface area contributed by atoms with Gasteiger partial charge in [0.25, 0.3) is 5.91 Å². The van der Waals surface area contributed by atoms with Gasteiger partial charge in [-0.2, -0.15) is 4.31 Å². The number of aryl methyl sites for hydroxylation is 1. The summed E-state index contributed by atoms with van der Waals surface area (Å²) in [5, 5.41) is 3.11. The van der Waals surface area contributed by atoms with E-state index in [9.17, 15) is 22.4 Å². The third-order valence-electron chi connectivity index (χ3n) is 5.04. The van der Waals surface area contributed by atoms with Crippen LogP contribution in [-0.4, -0.2) is 44.3 Å². The second-order valence-corrected chi connectivity index (χ2v) is 9.60. The van der Waals surface area contributed by atoms with Crippen molar-refractivity contribution in [3.8, 4) is 0 Å². The lowest BCUT2D eigenvalue weighted by Crippen LogP contribution is -2.40. The maximum atomic E-state index is 13.0. The van der Waals surface area contributed by atoms with Gasteiger partial charge in [-0.15, -0.1) is 0 Å². The molecule has 0 aliphatic carbocycles. The van der Waals surface area contributed by atoms with Gasteiger partial charge in [-0.1, -0.05) is 17.7 Å². The number of piperidine rings is 1. The van der Waals surface area contributed by atoms with E-state index in [4.69, 9.17) is 16.3 Å². The molecule has 0 unspecified atom stereocenters. The number of carbonyl (C=O) groups excluding carboxylic acids is 2. The number of nitrogens with zero attached hydrogens (tertiary/aromatic N) is 1. The molecule has 0 radical (unpaired) electrons. The van der Waals surface area contributed by atoms with Crippen molar-refractivity contribution in [3.05, 3.63) is 58.9 Å². The third kappa shape index (κ3) is 5.81. The summed E-state index contributed by atoms with van der Waals surface area (Å²) < 4.78 is 44.7. The van der Waals surface area contributed by atoms with Crippen LogP contribution in [0.5, 0.6) is 0 Å². The quantitative estimate of drug-likeness (QED) is 0.656. The fourth-order valence-electron chi connectivity index (χ4n) is 3.21. The van der Waals surface area contributed by atoms with Gasteiger partial charge < -0.3 is 10.1 Å². The molecular weight excluding hydrogens is 447 g/mol. The summed E-state index contributed by atoms with van der Waals surface area (Å²) >= 11 is 6.02. The maximum absolute atomic E-state index is 13.0. The molecule has 166 valence electrons. The second-order valence-electron chi connectivity index (χ2n) is 7.25. The van der Waals surface area contributed by atoms with Gasteiger partial charge in [0.15, 0.2) is 6.61 Å². The van der Waals surface area contributed by atoms with Gasteiger partial charge in [-0.05, 0) is 61.7 Å². The summed E-state index contributed by atoms with van der Waals surface area (Å²) in [5.41, 5.74) is 1.37. The Morgan fingerprint density at radius 3 is 2.42 bits per heavy atom. The number of benzene rings is 2. The van der Waals surface area contributed by atoms with Crippen LogP contribution < -0.4 is 5.32 Å². The van der Waals surface area contributed by atoms with Gasteiger partial charge in [0, 0.05) is 23.8 Å². The SMILES string of the molecule is Cc1ccc(NC(=O)COC(=O)C2CCN(S(=O)(=O)c3ccc(F)cc3)CC2)cc1Cl. The number of rotatable bonds is 6. The first-order valence-corrected chi connectivity index (χ1v) is 11.5. The topological polar surface area (TPSA) is 92.8 Å². The number of hydrogen-bond acceptors (Lipinski definition) is 5. The Labute approximate surface area is 185 Å². The molecule has 1 aliphatic heterocycles. The molecule has 0 spiro atoms. The van der Waals surface area contributed by atoms with Crippen LogP contribution in [-0.2, 0) is 24.3 Å². The number of amides is 1. The molecule has 2 aromatic carbocycles. The number of esters is 1. The lowest BCUT2D eigenvalue weighted by Gasteiger charge is -2.30. The molecule has 2 aromatic rings. The molecule has 1 N–H and O–H groups in total. The number of halogens is 2. The predicted octanol–water partition coefficient (Wildman–Crippen LogP) is 3.37. The lowest BCUT2D eigenvalue weighted by atomic mass is 9.98. The number of anilines is 1. The smallest absolute Gasteiger partial charge is 0.309 e. The van der Waals surface area contributed by atoms with Gasteiger partial charge in [-0.25, -0.2) is 12.8 Å².